The summed E-state index contributed by atoms with van der Waals surface area (Å²) in [6.45, 7) is 28.5. The highest BCUT2D eigenvalue weighted by Gasteiger charge is 2.44. The van der Waals surface area contributed by atoms with E-state index in [0.29, 0.717) is 12.2 Å². The molecular formula is C53H102N2. The van der Waals surface area contributed by atoms with Crippen molar-refractivity contribution >= 4 is 0 Å². The van der Waals surface area contributed by atoms with Crippen LogP contribution in [0.2, 0.25) is 0 Å². The Morgan fingerprint density at radius 1 is 0.491 bits per heavy atom. The van der Waals surface area contributed by atoms with Crippen molar-refractivity contribution in [3.8, 4) is 0 Å². The van der Waals surface area contributed by atoms with Crippen molar-refractivity contribution in [2.45, 2.75) is 248 Å². The molecule has 2 aliphatic heterocycles. The van der Waals surface area contributed by atoms with Crippen molar-refractivity contribution in [3.05, 3.63) is 0 Å². The van der Waals surface area contributed by atoms with Crippen LogP contribution in [-0.4, -0.2) is 30.2 Å². The van der Waals surface area contributed by atoms with Gasteiger partial charge in [-0.3, -0.25) is 10.2 Å². The van der Waals surface area contributed by atoms with Crippen LogP contribution in [0, 0.1) is 76.9 Å². The van der Waals surface area contributed by atoms with Gasteiger partial charge in [0.2, 0.25) is 0 Å². The number of piperidine rings is 1. The molecule has 2 heterocycles. The summed E-state index contributed by atoms with van der Waals surface area (Å²) in [6.07, 6.45) is 38.4. The van der Waals surface area contributed by atoms with Crippen LogP contribution in [0.15, 0.2) is 0 Å². The molecule has 0 amide bonds. The van der Waals surface area contributed by atoms with Gasteiger partial charge in [0.1, 0.15) is 0 Å². The molecule has 13 unspecified atom stereocenters. The molecule has 0 aromatic rings. The Morgan fingerprint density at radius 2 is 1.00 bits per heavy atom. The SMILES string of the molecule is CCCC(C(C)CCC(C)C1CN2CCC(C3CCCCC3)CC2N1)C(CC)C(CC)C(CCC)C(CCC)C(CC)C(CC)C(CCC)C1CCCCC1. The molecule has 2 nitrogen and oxygen atoms in total. The highest BCUT2D eigenvalue weighted by Crippen LogP contribution is 2.51. The lowest BCUT2D eigenvalue weighted by molar-refractivity contribution is 0.00761. The van der Waals surface area contributed by atoms with E-state index in [9.17, 15) is 0 Å². The Labute approximate surface area is 347 Å². The molecule has 4 fully saturated rings. The smallest absolute Gasteiger partial charge is 0.0603 e. The normalized spacial score (nSPS) is 28.8. The Hall–Kier alpha value is -0.0800. The lowest BCUT2D eigenvalue weighted by Crippen LogP contribution is -2.45. The molecule has 0 spiro atoms. The minimum Gasteiger partial charge on any atom is -0.297 e. The number of hydrogen-bond acceptors (Lipinski definition) is 2. The summed E-state index contributed by atoms with van der Waals surface area (Å²) in [7, 11) is 0. The first kappa shape index (κ1) is 47.6. The van der Waals surface area contributed by atoms with Crippen molar-refractivity contribution in [3.63, 3.8) is 0 Å². The van der Waals surface area contributed by atoms with Crippen LogP contribution in [0.5, 0.6) is 0 Å². The van der Waals surface area contributed by atoms with Gasteiger partial charge in [-0.15, -0.1) is 0 Å². The number of nitrogens with zero attached hydrogens (tertiary/aromatic N) is 1. The van der Waals surface area contributed by atoms with E-state index in [1.807, 2.05) is 0 Å². The van der Waals surface area contributed by atoms with Gasteiger partial charge < -0.3 is 0 Å². The van der Waals surface area contributed by atoms with Crippen LogP contribution < -0.4 is 5.32 Å². The zero-order chi connectivity index (χ0) is 39.7. The predicted octanol–water partition coefficient (Wildman–Crippen LogP) is 16.0. The quantitative estimate of drug-likeness (QED) is 0.0943. The van der Waals surface area contributed by atoms with Crippen molar-refractivity contribution in [1.82, 2.24) is 10.2 Å². The van der Waals surface area contributed by atoms with Crippen LogP contribution in [0.4, 0.5) is 0 Å². The topological polar surface area (TPSA) is 15.3 Å². The van der Waals surface area contributed by atoms with Crippen LogP contribution in [-0.2, 0) is 0 Å². The third-order valence-corrected chi connectivity index (χ3v) is 17.9. The Morgan fingerprint density at radius 3 is 1.55 bits per heavy atom. The molecule has 0 radical (unpaired) electrons. The second kappa shape index (κ2) is 25.5. The van der Waals surface area contributed by atoms with E-state index in [-0.39, 0.29) is 0 Å². The van der Waals surface area contributed by atoms with Crippen molar-refractivity contribution in [1.29, 1.82) is 0 Å². The van der Waals surface area contributed by atoms with E-state index >= 15 is 0 Å². The molecule has 2 aliphatic carbocycles. The standard InChI is InChI=1S/C53H102N2/c1-11-25-48(39(9)33-34-40(10)52-38-55-36-35-43(37-53(55)54-52)41-29-21-19-22-30-41)44(15-5)46(17-7)50(27-13-3)51(28-14-4)47(18-8)45(16-6)49(26-12-2)42-31-23-20-24-32-42/h39-54H,11-38H2,1-10H3. The van der Waals surface area contributed by atoms with E-state index in [1.54, 1.807) is 0 Å². The zero-order valence-corrected chi connectivity index (χ0v) is 39.4. The number of hydrogen-bond donors (Lipinski definition) is 1. The average molecular weight is 767 g/mol. The maximum absolute atomic E-state index is 4.25. The lowest BCUT2D eigenvalue weighted by Gasteiger charge is -2.48. The highest BCUT2D eigenvalue weighted by molar-refractivity contribution is 4.96. The Kier molecular flexibility index (Phi) is 22.1. The molecule has 4 aliphatic rings. The third kappa shape index (κ3) is 13.0. The van der Waals surface area contributed by atoms with Gasteiger partial charge in [-0.1, -0.05) is 217 Å². The van der Waals surface area contributed by atoms with E-state index in [2.05, 4.69) is 79.5 Å². The van der Waals surface area contributed by atoms with Crippen LogP contribution in [0.3, 0.4) is 0 Å². The first-order valence-corrected chi connectivity index (χ1v) is 26.3. The third-order valence-electron chi connectivity index (χ3n) is 17.9. The maximum Gasteiger partial charge on any atom is 0.0603 e. The minimum atomic E-state index is 0.666. The van der Waals surface area contributed by atoms with Gasteiger partial charge in [0, 0.05) is 12.6 Å². The first-order valence-electron chi connectivity index (χ1n) is 26.3. The summed E-state index contributed by atoms with van der Waals surface area (Å²) < 4.78 is 0. The zero-order valence-electron chi connectivity index (χ0n) is 39.4. The fourth-order valence-electron chi connectivity index (χ4n) is 15.1. The van der Waals surface area contributed by atoms with E-state index < -0.39 is 0 Å². The Balaban J connectivity index is 1.47. The second-order valence-corrected chi connectivity index (χ2v) is 21.0. The molecule has 0 bridgehead atoms. The molecule has 324 valence electrons. The molecule has 0 aromatic carbocycles. The highest BCUT2D eigenvalue weighted by atomic mass is 15.3. The van der Waals surface area contributed by atoms with Gasteiger partial charge in [0.15, 0.2) is 0 Å². The van der Waals surface area contributed by atoms with Crippen LogP contribution >= 0.6 is 0 Å². The summed E-state index contributed by atoms with van der Waals surface area (Å²) in [6, 6.07) is 0.698. The molecule has 2 saturated carbocycles. The summed E-state index contributed by atoms with van der Waals surface area (Å²) in [5.74, 6) is 11.9. The predicted molar refractivity (Wildman–Crippen MR) is 244 cm³/mol. The summed E-state index contributed by atoms with van der Waals surface area (Å²) >= 11 is 0. The first-order chi connectivity index (χ1) is 26.8. The maximum atomic E-state index is 4.25. The van der Waals surface area contributed by atoms with E-state index in [0.717, 1.165) is 76.9 Å². The summed E-state index contributed by atoms with van der Waals surface area (Å²) in [5.41, 5.74) is 0. The van der Waals surface area contributed by atoms with Gasteiger partial charge in [-0.25, -0.2) is 0 Å². The Bertz CT molecular complexity index is 965. The van der Waals surface area contributed by atoms with E-state index in [1.165, 1.54) is 180 Å². The average Bonchev–Trinajstić information content (AvgIpc) is 3.66. The lowest BCUT2D eigenvalue weighted by atomic mass is 9.57. The fraction of sp³-hybridized carbons (Fsp3) is 1.00. The largest absolute Gasteiger partial charge is 0.297 e. The minimum absolute atomic E-state index is 0.666. The monoisotopic (exact) mass is 767 g/mol. The molecule has 13 atom stereocenters. The van der Waals surface area contributed by atoms with Gasteiger partial charge >= 0.3 is 0 Å². The number of nitrogens with one attached hydrogen (secondary N) is 1. The fourth-order valence-corrected chi connectivity index (χ4v) is 15.1. The van der Waals surface area contributed by atoms with Gasteiger partial charge in [-0.2, -0.15) is 0 Å². The molecule has 1 N–H and O–H groups in total. The van der Waals surface area contributed by atoms with Crippen molar-refractivity contribution in [2.24, 2.45) is 76.9 Å². The molecule has 0 aromatic heterocycles. The number of fused-ring (bicyclic) bond motifs is 1. The van der Waals surface area contributed by atoms with Gasteiger partial charge in [0.05, 0.1) is 6.17 Å². The van der Waals surface area contributed by atoms with Crippen molar-refractivity contribution in [2.75, 3.05) is 13.1 Å². The summed E-state index contributed by atoms with van der Waals surface area (Å²) in [5, 5.41) is 4.25. The summed E-state index contributed by atoms with van der Waals surface area (Å²) in [4.78, 5) is 2.86. The molecular weight excluding hydrogens is 665 g/mol. The molecule has 2 heteroatoms. The molecule has 4 rings (SSSR count). The second-order valence-electron chi connectivity index (χ2n) is 21.0. The molecule has 2 saturated heterocycles. The van der Waals surface area contributed by atoms with Crippen LogP contribution in [0.1, 0.15) is 236 Å². The molecule has 55 heavy (non-hydrogen) atoms. The van der Waals surface area contributed by atoms with Crippen molar-refractivity contribution < 1.29 is 0 Å². The van der Waals surface area contributed by atoms with E-state index in [4.69, 9.17) is 0 Å². The number of rotatable bonds is 26. The van der Waals surface area contributed by atoms with Gasteiger partial charge in [-0.05, 0) is 103 Å². The van der Waals surface area contributed by atoms with Gasteiger partial charge in [0.25, 0.3) is 0 Å². The van der Waals surface area contributed by atoms with Crippen LogP contribution in [0.25, 0.3) is 0 Å².